The number of carboxylic acid groups (broad SMARTS) is 1. The molecule has 0 aromatic heterocycles. The predicted molar refractivity (Wildman–Crippen MR) is 111 cm³/mol. The summed E-state index contributed by atoms with van der Waals surface area (Å²) in [6.07, 6.45) is 1.99. The number of hydrogen-bond donors (Lipinski definition) is 4. The van der Waals surface area contributed by atoms with Crippen LogP contribution in [0.1, 0.15) is 29.7 Å². The van der Waals surface area contributed by atoms with Crippen molar-refractivity contribution >= 4 is 23.3 Å². The number of rotatable bonds is 5. The Hall–Kier alpha value is -2.61. The molecule has 0 bridgehead atoms. The van der Waals surface area contributed by atoms with Gasteiger partial charge in [0.05, 0.1) is 10.7 Å². The Bertz CT molecular complexity index is 859. The van der Waals surface area contributed by atoms with Gasteiger partial charge >= 0.3 is 5.97 Å². The monoisotopic (exact) mass is 422 g/mol. The minimum atomic E-state index is -1.37. The highest BCUT2D eigenvalue weighted by molar-refractivity contribution is 6.33. The minimum Gasteiger partial charge on any atom is -0.475 e. The maximum atomic E-state index is 13.1. The van der Waals surface area contributed by atoms with Crippen LogP contribution in [0.2, 0.25) is 5.02 Å². The molecule has 2 aromatic carbocycles. The summed E-state index contributed by atoms with van der Waals surface area (Å²) in [5.74, 6) is -2.27. The van der Waals surface area contributed by atoms with Crippen molar-refractivity contribution in [2.45, 2.75) is 25.8 Å². The van der Waals surface area contributed by atoms with Gasteiger partial charge in [-0.25, -0.2) is 14.4 Å². The van der Waals surface area contributed by atoms with E-state index in [9.17, 15) is 9.18 Å². The number of nitrogens with one attached hydrogen (secondary N) is 2. The van der Waals surface area contributed by atoms with E-state index in [1.807, 2.05) is 18.2 Å². The van der Waals surface area contributed by atoms with Crippen molar-refractivity contribution in [2.24, 2.45) is 0 Å². The van der Waals surface area contributed by atoms with Crippen molar-refractivity contribution in [3.63, 3.8) is 0 Å². The van der Waals surface area contributed by atoms with Gasteiger partial charge in [-0.3, -0.25) is 0 Å². The van der Waals surface area contributed by atoms with Crippen molar-refractivity contribution in [3.8, 4) is 0 Å². The lowest BCUT2D eigenvalue weighted by atomic mass is 9.99. The number of aliphatic carboxylic acids is 1. The number of halogens is 2. The van der Waals surface area contributed by atoms with Gasteiger partial charge in [0, 0.05) is 6.04 Å². The molecular weight excluding hydrogens is 399 g/mol. The second-order valence-corrected chi connectivity index (χ2v) is 6.95. The van der Waals surface area contributed by atoms with Crippen LogP contribution in [0.3, 0.4) is 0 Å². The summed E-state index contributed by atoms with van der Waals surface area (Å²) >= 11 is 6.43. The third-order valence-corrected chi connectivity index (χ3v) is 4.88. The first-order valence-electron chi connectivity index (χ1n) is 9.10. The number of hydrogen-bond acceptors (Lipinski definition) is 5. The largest absolute Gasteiger partial charge is 0.475 e. The number of fused-ring (bicyclic) bond motifs is 1. The van der Waals surface area contributed by atoms with Crippen LogP contribution in [0.15, 0.2) is 48.7 Å². The quantitative estimate of drug-likeness (QED) is 0.247. The molecule has 1 atom stereocenters. The van der Waals surface area contributed by atoms with Crippen LogP contribution in [-0.2, 0) is 22.5 Å². The highest BCUT2D eigenvalue weighted by Crippen LogP contribution is 2.33. The van der Waals surface area contributed by atoms with Gasteiger partial charge in [-0.15, -0.1) is 0 Å². The molecule has 0 spiro atoms. The molecule has 0 amide bonds. The van der Waals surface area contributed by atoms with Gasteiger partial charge in [-0.1, -0.05) is 29.8 Å². The zero-order valence-electron chi connectivity index (χ0n) is 16.0. The van der Waals surface area contributed by atoms with E-state index in [1.54, 1.807) is 0 Å². The average molecular weight is 423 g/mol. The van der Waals surface area contributed by atoms with Crippen molar-refractivity contribution in [3.05, 3.63) is 76.3 Å². The summed E-state index contributed by atoms with van der Waals surface area (Å²) in [6, 6.07) is 10.8. The van der Waals surface area contributed by atoms with E-state index in [0.717, 1.165) is 42.2 Å². The van der Waals surface area contributed by atoms with E-state index in [1.165, 1.54) is 23.3 Å². The van der Waals surface area contributed by atoms with Gasteiger partial charge in [0.1, 0.15) is 5.82 Å². The number of anilines is 1. The Morgan fingerprint density at radius 3 is 2.48 bits per heavy atom. The Morgan fingerprint density at radius 2 is 1.90 bits per heavy atom. The summed E-state index contributed by atoms with van der Waals surface area (Å²) in [4.78, 5) is 12.8. The first-order chi connectivity index (χ1) is 13.8. The first-order valence-corrected chi connectivity index (χ1v) is 9.47. The van der Waals surface area contributed by atoms with Crippen LogP contribution in [-0.4, -0.2) is 29.4 Å². The fraction of sp³-hybridized carbons (Fsp3) is 0.286. The molecule has 0 unspecified atom stereocenters. The van der Waals surface area contributed by atoms with Crippen LogP contribution in [0, 0.1) is 5.82 Å². The standard InChI is InChI=1S/C18H20ClFN2.C3H4O4/c1-12(13-2-5-15(20)6-3-13)22-18-16-9-11-21-10-8-14(16)4-7-17(18)19;1-2(7-6)3(4)5/h2-7,12,21-22H,8-11H2,1H3;6H,1H2,(H,4,5)/t12-;/m0./s1. The van der Waals surface area contributed by atoms with E-state index in [0.29, 0.717) is 0 Å². The summed E-state index contributed by atoms with van der Waals surface area (Å²) in [6.45, 7) is 6.84. The third kappa shape index (κ3) is 6.45. The lowest BCUT2D eigenvalue weighted by Gasteiger charge is -2.21. The van der Waals surface area contributed by atoms with Crippen LogP contribution in [0.25, 0.3) is 0 Å². The summed E-state index contributed by atoms with van der Waals surface area (Å²) in [5, 5.41) is 23.0. The fourth-order valence-electron chi connectivity index (χ4n) is 2.99. The van der Waals surface area contributed by atoms with Crippen molar-refractivity contribution in [1.29, 1.82) is 0 Å². The number of carboxylic acids is 1. The molecule has 6 nitrogen and oxygen atoms in total. The van der Waals surface area contributed by atoms with E-state index in [2.05, 4.69) is 35.1 Å². The summed E-state index contributed by atoms with van der Waals surface area (Å²) in [7, 11) is 0. The molecule has 3 rings (SSSR count). The van der Waals surface area contributed by atoms with E-state index < -0.39 is 11.7 Å². The molecule has 0 fully saturated rings. The maximum absolute atomic E-state index is 13.1. The van der Waals surface area contributed by atoms with E-state index in [-0.39, 0.29) is 11.9 Å². The van der Waals surface area contributed by atoms with Crippen molar-refractivity contribution in [2.75, 3.05) is 18.4 Å². The summed E-state index contributed by atoms with van der Waals surface area (Å²) in [5.41, 5.74) is 4.70. The number of carbonyl (C=O) groups is 1. The van der Waals surface area contributed by atoms with Crippen molar-refractivity contribution in [1.82, 2.24) is 5.32 Å². The van der Waals surface area contributed by atoms with E-state index >= 15 is 0 Å². The molecule has 0 aliphatic carbocycles. The zero-order valence-corrected chi connectivity index (χ0v) is 16.8. The first kappa shape index (κ1) is 22.7. The van der Waals surface area contributed by atoms with Crippen LogP contribution in [0.4, 0.5) is 10.1 Å². The molecule has 1 heterocycles. The van der Waals surface area contributed by atoms with Gasteiger partial charge in [0.25, 0.3) is 0 Å². The van der Waals surface area contributed by atoms with Gasteiger partial charge in [-0.05, 0) is 74.3 Å². The van der Waals surface area contributed by atoms with E-state index in [4.69, 9.17) is 22.0 Å². The van der Waals surface area contributed by atoms with Crippen molar-refractivity contribution < 1.29 is 24.4 Å². The van der Waals surface area contributed by atoms with Crippen LogP contribution in [0.5, 0.6) is 0 Å². The molecule has 2 aromatic rings. The molecule has 8 heteroatoms. The Balaban J connectivity index is 0.000000370. The van der Waals surface area contributed by atoms with Gasteiger partial charge in [0.2, 0.25) is 5.76 Å². The highest BCUT2D eigenvalue weighted by atomic mass is 35.5. The van der Waals surface area contributed by atoms with Gasteiger partial charge < -0.3 is 20.6 Å². The van der Waals surface area contributed by atoms with Gasteiger partial charge in [-0.2, -0.15) is 0 Å². The lowest BCUT2D eigenvalue weighted by Crippen LogP contribution is -2.16. The molecule has 156 valence electrons. The second-order valence-electron chi connectivity index (χ2n) is 6.55. The Morgan fingerprint density at radius 1 is 1.24 bits per heavy atom. The molecule has 1 aliphatic rings. The molecule has 29 heavy (non-hydrogen) atoms. The molecule has 0 radical (unpaired) electrons. The minimum absolute atomic E-state index is 0.0702. The van der Waals surface area contributed by atoms with Crippen LogP contribution >= 0.6 is 11.6 Å². The zero-order chi connectivity index (χ0) is 21.4. The second kappa shape index (κ2) is 10.8. The average Bonchev–Trinajstić information content (AvgIpc) is 2.96. The SMILES string of the molecule is C=C(OO)C(=O)O.C[C@H](Nc1c(Cl)ccc2c1CCNCC2)c1ccc(F)cc1. The fourth-order valence-corrected chi connectivity index (χ4v) is 3.22. The highest BCUT2D eigenvalue weighted by Gasteiger charge is 2.17. The Labute approximate surface area is 173 Å². The third-order valence-electron chi connectivity index (χ3n) is 4.56. The number of benzene rings is 2. The lowest BCUT2D eigenvalue weighted by molar-refractivity contribution is -0.209. The predicted octanol–water partition coefficient (Wildman–Crippen LogP) is 4.41. The summed E-state index contributed by atoms with van der Waals surface area (Å²) < 4.78 is 13.1. The van der Waals surface area contributed by atoms with Crippen LogP contribution < -0.4 is 10.6 Å². The van der Waals surface area contributed by atoms with Gasteiger partial charge in [0.15, 0.2) is 0 Å². The molecule has 0 saturated heterocycles. The maximum Gasteiger partial charge on any atom is 0.374 e. The normalized spacial score (nSPS) is 13.8. The molecular formula is C21H24ClFN2O4. The Kier molecular flexibility index (Phi) is 8.45. The topological polar surface area (TPSA) is 90.8 Å². The molecule has 0 saturated carbocycles. The smallest absolute Gasteiger partial charge is 0.374 e. The molecule has 1 aliphatic heterocycles. The molecule has 4 N–H and O–H groups in total.